The summed E-state index contributed by atoms with van der Waals surface area (Å²) in [5.41, 5.74) is 0.440. The molecule has 0 amide bonds. The van der Waals surface area contributed by atoms with Gasteiger partial charge in [0.15, 0.2) is 0 Å². The summed E-state index contributed by atoms with van der Waals surface area (Å²) in [5.74, 6) is 0.645. The molecule has 0 saturated carbocycles. The molecule has 0 radical (unpaired) electrons. The highest BCUT2D eigenvalue weighted by molar-refractivity contribution is 6.31. The molecule has 0 bridgehead atoms. The van der Waals surface area contributed by atoms with Crippen LogP contribution >= 0.6 is 11.6 Å². The molecule has 17 heavy (non-hydrogen) atoms. The molecule has 2 atom stereocenters. The van der Waals surface area contributed by atoms with Gasteiger partial charge in [0, 0.05) is 6.07 Å². The Labute approximate surface area is 107 Å². The Bertz CT molecular complexity index is 412. The van der Waals surface area contributed by atoms with Gasteiger partial charge in [0.25, 0.3) is 0 Å². The van der Waals surface area contributed by atoms with Gasteiger partial charge in [-0.1, -0.05) is 11.6 Å². The van der Waals surface area contributed by atoms with Crippen molar-refractivity contribution in [3.8, 4) is 11.8 Å². The molecule has 3 nitrogen and oxygen atoms in total. The number of hydrogen-bond donors (Lipinski definition) is 1. The molecule has 4 heteroatoms. The number of nitrogens with zero attached hydrogens (tertiary/aromatic N) is 1. The SMILES string of the molecule is C[C@H](O)CC[C@@H](C)Oc1ccc(C#N)c(Cl)c1. The van der Waals surface area contributed by atoms with Crippen LogP contribution < -0.4 is 4.74 Å². The molecule has 0 aromatic heterocycles. The Hall–Kier alpha value is -1.24. The number of halogens is 1. The van der Waals surface area contributed by atoms with Crippen molar-refractivity contribution in [1.82, 2.24) is 0 Å². The van der Waals surface area contributed by atoms with Crippen LogP contribution in [0.25, 0.3) is 0 Å². The van der Waals surface area contributed by atoms with E-state index in [2.05, 4.69) is 0 Å². The van der Waals surface area contributed by atoms with Crippen molar-refractivity contribution in [1.29, 1.82) is 5.26 Å². The Kier molecular flexibility index (Phi) is 5.27. The van der Waals surface area contributed by atoms with Crippen LogP contribution in [0, 0.1) is 11.3 Å². The zero-order chi connectivity index (χ0) is 12.8. The van der Waals surface area contributed by atoms with E-state index in [1.54, 1.807) is 25.1 Å². The van der Waals surface area contributed by atoms with Gasteiger partial charge in [-0.3, -0.25) is 0 Å². The Morgan fingerprint density at radius 3 is 2.65 bits per heavy atom. The number of benzene rings is 1. The Morgan fingerprint density at radius 2 is 2.12 bits per heavy atom. The van der Waals surface area contributed by atoms with E-state index < -0.39 is 0 Å². The van der Waals surface area contributed by atoms with E-state index in [9.17, 15) is 0 Å². The molecule has 0 unspecified atom stereocenters. The lowest BCUT2D eigenvalue weighted by molar-refractivity contribution is 0.145. The molecular weight excluding hydrogens is 238 g/mol. The first-order chi connectivity index (χ1) is 8.02. The van der Waals surface area contributed by atoms with E-state index in [0.717, 1.165) is 6.42 Å². The van der Waals surface area contributed by atoms with Gasteiger partial charge < -0.3 is 9.84 Å². The lowest BCUT2D eigenvalue weighted by Crippen LogP contribution is -2.14. The maximum Gasteiger partial charge on any atom is 0.121 e. The predicted octanol–water partition coefficient (Wildman–Crippen LogP) is 3.14. The molecule has 0 aliphatic carbocycles. The number of rotatable bonds is 5. The second kappa shape index (κ2) is 6.48. The van der Waals surface area contributed by atoms with Crippen molar-refractivity contribution in [3.05, 3.63) is 28.8 Å². The molecule has 1 rings (SSSR count). The minimum atomic E-state index is -0.314. The number of ether oxygens (including phenoxy) is 1. The highest BCUT2D eigenvalue weighted by atomic mass is 35.5. The third-order valence-corrected chi connectivity index (χ3v) is 2.70. The predicted molar refractivity (Wildman–Crippen MR) is 67.2 cm³/mol. The zero-order valence-electron chi connectivity index (χ0n) is 9.98. The summed E-state index contributed by atoms with van der Waals surface area (Å²) in [7, 11) is 0. The molecule has 0 aliphatic rings. The largest absolute Gasteiger partial charge is 0.491 e. The number of aliphatic hydroxyl groups is 1. The first-order valence-corrected chi connectivity index (χ1v) is 5.95. The van der Waals surface area contributed by atoms with Crippen LogP contribution in [0.5, 0.6) is 5.75 Å². The monoisotopic (exact) mass is 253 g/mol. The molecule has 0 aliphatic heterocycles. The Morgan fingerprint density at radius 1 is 1.41 bits per heavy atom. The van der Waals surface area contributed by atoms with E-state index in [0.29, 0.717) is 22.8 Å². The minimum absolute atomic E-state index is 0.00797. The second-order valence-electron chi connectivity index (χ2n) is 4.11. The van der Waals surface area contributed by atoms with Crippen LogP contribution in [0.4, 0.5) is 0 Å². The molecule has 0 heterocycles. The van der Waals surface area contributed by atoms with Crippen molar-refractivity contribution in [2.75, 3.05) is 0 Å². The topological polar surface area (TPSA) is 53.2 Å². The summed E-state index contributed by atoms with van der Waals surface area (Å²) in [4.78, 5) is 0. The van der Waals surface area contributed by atoms with Crippen LogP contribution in [0.2, 0.25) is 5.02 Å². The molecule has 1 N–H and O–H groups in total. The van der Waals surface area contributed by atoms with E-state index >= 15 is 0 Å². The van der Waals surface area contributed by atoms with Gasteiger partial charge in [0.05, 0.1) is 22.8 Å². The summed E-state index contributed by atoms with van der Waals surface area (Å²) < 4.78 is 5.64. The second-order valence-corrected chi connectivity index (χ2v) is 4.52. The van der Waals surface area contributed by atoms with E-state index in [1.807, 2.05) is 13.0 Å². The first kappa shape index (κ1) is 13.8. The smallest absolute Gasteiger partial charge is 0.121 e. The quantitative estimate of drug-likeness (QED) is 0.877. The van der Waals surface area contributed by atoms with Crippen LogP contribution in [-0.2, 0) is 0 Å². The third-order valence-electron chi connectivity index (χ3n) is 2.39. The fourth-order valence-electron chi connectivity index (χ4n) is 1.43. The first-order valence-electron chi connectivity index (χ1n) is 5.57. The third kappa shape index (κ3) is 4.64. The molecule has 1 aromatic carbocycles. The molecule has 92 valence electrons. The fraction of sp³-hybridized carbons (Fsp3) is 0.462. The van der Waals surface area contributed by atoms with Crippen LogP contribution in [0.1, 0.15) is 32.3 Å². The van der Waals surface area contributed by atoms with Crippen molar-refractivity contribution in [2.45, 2.75) is 38.9 Å². The summed E-state index contributed by atoms with van der Waals surface area (Å²) in [6, 6.07) is 7.00. The van der Waals surface area contributed by atoms with Crippen molar-refractivity contribution >= 4 is 11.6 Å². The van der Waals surface area contributed by atoms with Crippen LogP contribution in [0.15, 0.2) is 18.2 Å². The molecule has 0 fully saturated rings. The Balaban J connectivity index is 2.57. The van der Waals surface area contributed by atoms with Gasteiger partial charge in [-0.2, -0.15) is 5.26 Å². The van der Waals surface area contributed by atoms with Crippen molar-refractivity contribution in [3.63, 3.8) is 0 Å². The van der Waals surface area contributed by atoms with Gasteiger partial charge in [0.2, 0.25) is 0 Å². The molecule has 0 saturated heterocycles. The summed E-state index contributed by atoms with van der Waals surface area (Å²) >= 11 is 5.90. The normalized spacial score (nSPS) is 13.8. The van der Waals surface area contributed by atoms with Gasteiger partial charge in [-0.05, 0) is 38.8 Å². The summed E-state index contributed by atoms with van der Waals surface area (Å²) in [6.07, 6.45) is 1.17. The van der Waals surface area contributed by atoms with Gasteiger partial charge in [-0.25, -0.2) is 0 Å². The number of aliphatic hydroxyl groups excluding tert-OH is 1. The number of nitriles is 1. The highest BCUT2D eigenvalue weighted by Gasteiger charge is 2.08. The van der Waals surface area contributed by atoms with Crippen LogP contribution in [0.3, 0.4) is 0 Å². The minimum Gasteiger partial charge on any atom is -0.491 e. The van der Waals surface area contributed by atoms with E-state index in [1.165, 1.54) is 0 Å². The van der Waals surface area contributed by atoms with Gasteiger partial charge >= 0.3 is 0 Å². The summed E-state index contributed by atoms with van der Waals surface area (Å²) in [5, 5.41) is 18.3. The standard InChI is InChI=1S/C13H16ClNO2/c1-9(16)3-4-10(2)17-12-6-5-11(8-15)13(14)7-12/h5-7,9-10,16H,3-4H2,1-2H3/t9-,10+/m0/s1. The fourth-order valence-corrected chi connectivity index (χ4v) is 1.64. The van der Waals surface area contributed by atoms with E-state index in [-0.39, 0.29) is 12.2 Å². The molecule has 1 aromatic rings. The number of hydrogen-bond acceptors (Lipinski definition) is 3. The molecule has 0 spiro atoms. The maximum atomic E-state index is 9.17. The average Bonchev–Trinajstić information content (AvgIpc) is 2.26. The van der Waals surface area contributed by atoms with Crippen molar-refractivity contribution < 1.29 is 9.84 Å². The average molecular weight is 254 g/mol. The van der Waals surface area contributed by atoms with Gasteiger partial charge in [0.1, 0.15) is 11.8 Å². The maximum absolute atomic E-state index is 9.17. The lowest BCUT2D eigenvalue weighted by atomic mass is 10.1. The van der Waals surface area contributed by atoms with Crippen LogP contribution in [-0.4, -0.2) is 17.3 Å². The highest BCUT2D eigenvalue weighted by Crippen LogP contribution is 2.23. The van der Waals surface area contributed by atoms with Crippen molar-refractivity contribution in [2.24, 2.45) is 0 Å². The summed E-state index contributed by atoms with van der Waals surface area (Å²) in [6.45, 7) is 3.69. The zero-order valence-corrected chi connectivity index (χ0v) is 10.7. The van der Waals surface area contributed by atoms with Gasteiger partial charge in [-0.15, -0.1) is 0 Å². The van der Waals surface area contributed by atoms with E-state index in [4.69, 9.17) is 26.7 Å². The lowest BCUT2D eigenvalue weighted by Gasteiger charge is -2.15. The molecular formula is C13H16ClNO2.